The highest BCUT2D eigenvalue weighted by molar-refractivity contribution is 5.72. The Balaban J connectivity index is 2.52. The van der Waals surface area contributed by atoms with Crippen LogP contribution in [0.4, 0.5) is 0 Å². The van der Waals surface area contributed by atoms with Crippen molar-refractivity contribution in [2.24, 2.45) is 5.92 Å². The molecule has 0 aliphatic heterocycles. The van der Waals surface area contributed by atoms with Crippen molar-refractivity contribution >= 4 is 5.97 Å². The first kappa shape index (κ1) is 12.1. The molecule has 3 unspecified atom stereocenters. The molecular formula is C14H18O3. The van der Waals surface area contributed by atoms with E-state index in [2.05, 4.69) is 6.92 Å². The van der Waals surface area contributed by atoms with Gasteiger partial charge in [-0.15, -0.1) is 0 Å². The molecule has 0 saturated carbocycles. The maximum Gasteiger partial charge on any atom is 0.309 e. The summed E-state index contributed by atoms with van der Waals surface area (Å²) in [5.41, 5.74) is 0.637. The van der Waals surface area contributed by atoms with Gasteiger partial charge in [0.15, 0.2) is 0 Å². The van der Waals surface area contributed by atoms with Gasteiger partial charge in [-0.25, -0.2) is 0 Å². The zero-order chi connectivity index (χ0) is 12.6. The van der Waals surface area contributed by atoms with Crippen LogP contribution in [0.5, 0.6) is 0 Å². The monoisotopic (exact) mass is 234 g/mol. The number of hydrogen-bond acceptors (Lipinski definition) is 2. The average molecular weight is 234 g/mol. The van der Waals surface area contributed by atoms with E-state index in [0.29, 0.717) is 12.3 Å². The summed E-state index contributed by atoms with van der Waals surface area (Å²) in [5, 5.41) is 19.8. The summed E-state index contributed by atoms with van der Waals surface area (Å²) in [6.45, 7) is 3.69. The van der Waals surface area contributed by atoms with Crippen LogP contribution in [0.1, 0.15) is 43.7 Å². The first-order valence-electron chi connectivity index (χ1n) is 6.01. The minimum atomic E-state index is -1.23. The van der Waals surface area contributed by atoms with E-state index < -0.39 is 17.5 Å². The Morgan fingerprint density at radius 1 is 1.47 bits per heavy atom. The second kappa shape index (κ2) is 4.15. The van der Waals surface area contributed by atoms with Crippen LogP contribution in [0.2, 0.25) is 0 Å². The molecule has 3 heteroatoms. The first-order chi connectivity index (χ1) is 7.97. The fraction of sp³-hybridized carbons (Fsp3) is 0.500. The van der Waals surface area contributed by atoms with Crippen molar-refractivity contribution in [2.45, 2.75) is 38.2 Å². The quantitative estimate of drug-likeness (QED) is 0.826. The molecule has 0 fully saturated rings. The number of benzene rings is 1. The molecule has 0 bridgehead atoms. The molecule has 0 radical (unpaired) electrons. The number of carboxylic acid groups (broad SMARTS) is 1. The summed E-state index contributed by atoms with van der Waals surface area (Å²) in [6.07, 6.45) is 1.34. The summed E-state index contributed by atoms with van der Waals surface area (Å²) < 4.78 is 0. The van der Waals surface area contributed by atoms with Gasteiger partial charge in [0, 0.05) is 0 Å². The SMILES string of the molecule is CC1CCC(O)(C(C)C(=O)O)c2ccccc21. The van der Waals surface area contributed by atoms with Crippen molar-refractivity contribution in [2.75, 3.05) is 0 Å². The van der Waals surface area contributed by atoms with E-state index in [9.17, 15) is 9.90 Å². The highest BCUT2D eigenvalue weighted by atomic mass is 16.4. The third kappa shape index (κ3) is 1.84. The molecule has 1 aliphatic rings. The van der Waals surface area contributed by atoms with Crippen molar-refractivity contribution in [3.8, 4) is 0 Å². The van der Waals surface area contributed by atoms with Crippen molar-refractivity contribution < 1.29 is 15.0 Å². The largest absolute Gasteiger partial charge is 0.481 e. The fourth-order valence-corrected chi connectivity index (χ4v) is 2.70. The van der Waals surface area contributed by atoms with Crippen LogP contribution in [-0.4, -0.2) is 16.2 Å². The van der Waals surface area contributed by atoms with Crippen molar-refractivity contribution in [1.82, 2.24) is 0 Å². The second-order valence-corrected chi connectivity index (χ2v) is 5.01. The molecule has 3 atom stereocenters. The predicted octanol–water partition coefficient (Wildman–Crippen LogP) is 2.49. The van der Waals surface area contributed by atoms with Crippen LogP contribution < -0.4 is 0 Å². The van der Waals surface area contributed by atoms with Crippen LogP contribution >= 0.6 is 0 Å². The van der Waals surface area contributed by atoms with Crippen LogP contribution in [0.15, 0.2) is 24.3 Å². The van der Waals surface area contributed by atoms with Gasteiger partial charge in [0.1, 0.15) is 5.60 Å². The van der Waals surface area contributed by atoms with Gasteiger partial charge in [-0.2, -0.15) is 0 Å². The number of aliphatic carboxylic acids is 1. The average Bonchev–Trinajstić information content (AvgIpc) is 2.33. The third-order valence-corrected chi connectivity index (χ3v) is 4.00. The van der Waals surface area contributed by atoms with Crippen LogP contribution in [0.3, 0.4) is 0 Å². The van der Waals surface area contributed by atoms with E-state index in [1.807, 2.05) is 24.3 Å². The van der Waals surface area contributed by atoms with Gasteiger partial charge in [0.25, 0.3) is 0 Å². The Kier molecular flexibility index (Phi) is 2.96. The minimum absolute atomic E-state index is 0.382. The summed E-state index contributed by atoms with van der Waals surface area (Å²) in [7, 11) is 0. The smallest absolute Gasteiger partial charge is 0.309 e. The zero-order valence-electron chi connectivity index (χ0n) is 10.2. The maximum atomic E-state index is 11.1. The van der Waals surface area contributed by atoms with Crippen molar-refractivity contribution in [3.63, 3.8) is 0 Å². The van der Waals surface area contributed by atoms with Crippen LogP contribution in [0.25, 0.3) is 0 Å². The summed E-state index contributed by atoms with van der Waals surface area (Å²) >= 11 is 0. The Hall–Kier alpha value is -1.35. The van der Waals surface area contributed by atoms with E-state index >= 15 is 0 Å². The molecule has 1 aromatic rings. The lowest BCUT2D eigenvalue weighted by Crippen LogP contribution is -2.41. The Labute approximate surface area is 101 Å². The van der Waals surface area contributed by atoms with Gasteiger partial charge in [-0.05, 0) is 36.8 Å². The van der Waals surface area contributed by atoms with Gasteiger partial charge in [-0.1, -0.05) is 31.2 Å². The van der Waals surface area contributed by atoms with Crippen molar-refractivity contribution in [3.05, 3.63) is 35.4 Å². The van der Waals surface area contributed by atoms with E-state index in [1.165, 1.54) is 0 Å². The molecule has 0 aromatic heterocycles. The van der Waals surface area contributed by atoms with Gasteiger partial charge in [0.05, 0.1) is 5.92 Å². The molecule has 2 N–H and O–H groups in total. The van der Waals surface area contributed by atoms with Crippen LogP contribution in [-0.2, 0) is 10.4 Å². The zero-order valence-corrected chi connectivity index (χ0v) is 10.2. The highest BCUT2D eigenvalue weighted by Crippen LogP contribution is 2.45. The lowest BCUT2D eigenvalue weighted by atomic mass is 9.69. The molecule has 3 nitrogen and oxygen atoms in total. The number of rotatable bonds is 2. The van der Waals surface area contributed by atoms with E-state index in [0.717, 1.165) is 17.5 Å². The predicted molar refractivity (Wildman–Crippen MR) is 64.8 cm³/mol. The number of hydrogen-bond donors (Lipinski definition) is 2. The lowest BCUT2D eigenvalue weighted by Gasteiger charge is -2.39. The van der Waals surface area contributed by atoms with E-state index in [1.54, 1.807) is 6.92 Å². The second-order valence-electron chi connectivity index (χ2n) is 5.01. The molecule has 0 spiro atoms. The molecule has 1 aliphatic carbocycles. The molecule has 1 aromatic carbocycles. The molecule has 0 amide bonds. The maximum absolute atomic E-state index is 11.1. The van der Waals surface area contributed by atoms with Gasteiger partial charge < -0.3 is 10.2 Å². The Bertz CT molecular complexity index is 441. The summed E-state index contributed by atoms with van der Waals surface area (Å²) in [4.78, 5) is 11.1. The molecular weight excluding hydrogens is 216 g/mol. The minimum Gasteiger partial charge on any atom is -0.481 e. The Morgan fingerprint density at radius 3 is 2.76 bits per heavy atom. The fourth-order valence-electron chi connectivity index (χ4n) is 2.70. The van der Waals surface area contributed by atoms with Crippen molar-refractivity contribution in [1.29, 1.82) is 0 Å². The van der Waals surface area contributed by atoms with Crippen LogP contribution in [0, 0.1) is 5.92 Å². The molecule has 2 rings (SSSR count). The van der Waals surface area contributed by atoms with Gasteiger partial charge >= 0.3 is 5.97 Å². The topological polar surface area (TPSA) is 57.5 Å². The van der Waals surface area contributed by atoms with E-state index in [-0.39, 0.29) is 0 Å². The standard InChI is InChI=1S/C14H18O3/c1-9-7-8-14(17,10(2)13(15)16)12-6-4-3-5-11(9)12/h3-6,9-10,17H,7-8H2,1-2H3,(H,15,16). The number of fused-ring (bicyclic) bond motifs is 1. The first-order valence-corrected chi connectivity index (χ1v) is 6.01. The number of carboxylic acids is 1. The lowest BCUT2D eigenvalue weighted by molar-refractivity contribution is -0.153. The summed E-state index contributed by atoms with van der Waals surface area (Å²) in [5.74, 6) is -1.35. The number of carbonyl (C=O) groups is 1. The number of aliphatic hydroxyl groups is 1. The molecule has 0 heterocycles. The third-order valence-electron chi connectivity index (χ3n) is 4.00. The van der Waals surface area contributed by atoms with Gasteiger partial charge in [0.2, 0.25) is 0 Å². The summed E-state index contributed by atoms with van der Waals surface area (Å²) in [6, 6.07) is 7.63. The molecule has 0 saturated heterocycles. The van der Waals surface area contributed by atoms with Gasteiger partial charge in [-0.3, -0.25) is 4.79 Å². The Morgan fingerprint density at radius 2 is 2.12 bits per heavy atom. The normalized spacial score (nSPS) is 29.5. The van der Waals surface area contributed by atoms with E-state index in [4.69, 9.17) is 5.11 Å². The molecule has 17 heavy (non-hydrogen) atoms. The highest BCUT2D eigenvalue weighted by Gasteiger charge is 2.44. The molecule has 92 valence electrons.